The van der Waals surface area contributed by atoms with Gasteiger partial charge >= 0.3 is 6.18 Å². The van der Waals surface area contributed by atoms with Gasteiger partial charge in [-0.1, -0.05) is 0 Å². The maximum atomic E-state index is 12.2. The van der Waals surface area contributed by atoms with Gasteiger partial charge in [-0.3, -0.25) is 9.89 Å². The molecule has 0 unspecified atom stereocenters. The van der Waals surface area contributed by atoms with Crippen LogP contribution in [0, 0.1) is 0 Å². The molecule has 0 aliphatic rings. The number of ether oxygens (including phenoxy) is 1. The number of halogens is 3. The molecule has 0 amide bonds. The van der Waals surface area contributed by atoms with Crippen LogP contribution in [0.5, 0.6) is 0 Å². The largest absolute Gasteiger partial charge is 0.468 e. The Morgan fingerprint density at radius 2 is 2.29 bits per heavy atom. The van der Waals surface area contributed by atoms with Gasteiger partial charge in [0.1, 0.15) is 0 Å². The molecule has 7 heteroatoms. The van der Waals surface area contributed by atoms with Gasteiger partial charge < -0.3 is 4.74 Å². The highest BCUT2D eigenvalue weighted by molar-refractivity contribution is 5.37. The molecule has 0 saturated heterocycles. The van der Waals surface area contributed by atoms with E-state index >= 15 is 0 Å². The predicted molar refractivity (Wildman–Crippen MR) is 39.3 cm³/mol. The average molecular weight is 208 g/mol. The van der Waals surface area contributed by atoms with E-state index in [4.69, 9.17) is 0 Å². The molecule has 1 aromatic heterocycles. The Hall–Kier alpha value is -1.53. The van der Waals surface area contributed by atoms with E-state index in [9.17, 15) is 18.0 Å². The topological polar surface area (TPSA) is 55.0 Å². The third-order valence-electron chi connectivity index (χ3n) is 1.55. The van der Waals surface area contributed by atoms with Crippen molar-refractivity contribution in [2.24, 2.45) is 0 Å². The number of aromatic amines is 1. The highest BCUT2D eigenvalue weighted by Crippen LogP contribution is 2.30. The summed E-state index contributed by atoms with van der Waals surface area (Å²) in [5.41, 5.74) is -0.980. The van der Waals surface area contributed by atoms with Crippen molar-refractivity contribution in [1.82, 2.24) is 10.2 Å². The molecule has 0 saturated carbocycles. The van der Waals surface area contributed by atoms with Crippen LogP contribution in [-0.2, 0) is 22.1 Å². The smallest absolute Gasteiger partial charge is 0.435 e. The molecule has 1 rings (SSSR count). The second-order valence-corrected chi connectivity index (χ2v) is 2.47. The Bertz CT molecular complexity index is 308. The normalized spacial score (nSPS) is 11.4. The van der Waals surface area contributed by atoms with Crippen molar-refractivity contribution in [3.05, 3.63) is 17.5 Å². The van der Waals surface area contributed by atoms with Crippen LogP contribution >= 0.6 is 0 Å². The first-order chi connectivity index (χ1) is 6.55. The molecule has 0 aliphatic carbocycles. The minimum atomic E-state index is -4.48. The van der Waals surface area contributed by atoms with Gasteiger partial charge in [0.2, 0.25) is 0 Å². The summed E-state index contributed by atoms with van der Waals surface area (Å²) < 4.78 is 40.9. The quantitative estimate of drug-likeness (QED) is 0.596. The fourth-order valence-corrected chi connectivity index (χ4v) is 0.968. The molecule has 0 spiro atoms. The van der Waals surface area contributed by atoms with Gasteiger partial charge in [-0.2, -0.15) is 18.3 Å². The van der Waals surface area contributed by atoms with E-state index in [0.717, 1.165) is 6.20 Å². The van der Waals surface area contributed by atoms with Crippen molar-refractivity contribution in [2.75, 3.05) is 6.61 Å². The Morgan fingerprint density at radius 3 is 2.86 bits per heavy atom. The van der Waals surface area contributed by atoms with Crippen LogP contribution in [-0.4, -0.2) is 23.3 Å². The fourth-order valence-electron chi connectivity index (χ4n) is 0.968. The van der Waals surface area contributed by atoms with Crippen molar-refractivity contribution in [3.63, 3.8) is 0 Å². The predicted octanol–water partition coefficient (Wildman–Crippen LogP) is 1.14. The monoisotopic (exact) mass is 208 g/mol. The first-order valence-electron chi connectivity index (χ1n) is 3.71. The molecule has 0 atom stereocenters. The standard InChI is InChI=1S/C7H7F3N2O2/c8-7(9,10)6-5(3-11-12-6)1-2-14-4-13/h3-4H,1-2H2,(H,11,12). The van der Waals surface area contributed by atoms with E-state index in [1.54, 1.807) is 0 Å². The molecule has 0 bridgehead atoms. The Kier molecular flexibility index (Phi) is 3.10. The number of carbonyl (C=O) groups is 1. The lowest BCUT2D eigenvalue weighted by atomic mass is 10.2. The SMILES string of the molecule is O=COCCc1c[nH]nc1C(F)(F)F. The van der Waals surface area contributed by atoms with Crippen molar-refractivity contribution < 1.29 is 22.7 Å². The average Bonchev–Trinajstić information content (AvgIpc) is 2.52. The number of nitrogens with zero attached hydrogens (tertiary/aromatic N) is 1. The fraction of sp³-hybridized carbons (Fsp3) is 0.429. The molecular weight excluding hydrogens is 201 g/mol. The number of hydrogen-bond acceptors (Lipinski definition) is 3. The zero-order valence-electron chi connectivity index (χ0n) is 6.97. The van der Waals surface area contributed by atoms with Gasteiger partial charge in [0, 0.05) is 18.2 Å². The van der Waals surface area contributed by atoms with Crippen LogP contribution in [0.4, 0.5) is 13.2 Å². The Labute approximate surface area is 77.1 Å². The van der Waals surface area contributed by atoms with Crippen molar-refractivity contribution in [2.45, 2.75) is 12.6 Å². The summed E-state index contributed by atoms with van der Waals surface area (Å²) in [5.74, 6) is 0. The second kappa shape index (κ2) is 4.12. The van der Waals surface area contributed by atoms with Crippen LogP contribution in [0.15, 0.2) is 6.20 Å². The van der Waals surface area contributed by atoms with E-state index in [0.29, 0.717) is 0 Å². The molecule has 0 radical (unpaired) electrons. The van der Waals surface area contributed by atoms with E-state index < -0.39 is 11.9 Å². The van der Waals surface area contributed by atoms with Crippen LogP contribution in [0.25, 0.3) is 0 Å². The maximum Gasteiger partial charge on any atom is 0.435 e. The molecule has 0 aromatic carbocycles. The number of H-pyrrole nitrogens is 1. The van der Waals surface area contributed by atoms with Gasteiger partial charge in [0.05, 0.1) is 6.61 Å². The maximum absolute atomic E-state index is 12.2. The van der Waals surface area contributed by atoms with Crippen LogP contribution < -0.4 is 0 Å². The summed E-state index contributed by atoms with van der Waals surface area (Å²) in [7, 11) is 0. The lowest BCUT2D eigenvalue weighted by Crippen LogP contribution is -2.10. The van der Waals surface area contributed by atoms with E-state index in [1.807, 2.05) is 0 Å². The minimum Gasteiger partial charge on any atom is -0.468 e. The first kappa shape index (κ1) is 10.6. The van der Waals surface area contributed by atoms with Crippen LogP contribution in [0.1, 0.15) is 11.3 Å². The number of alkyl halides is 3. The highest BCUT2D eigenvalue weighted by Gasteiger charge is 2.36. The van der Waals surface area contributed by atoms with Crippen LogP contribution in [0.2, 0.25) is 0 Å². The number of aromatic nitrogens is 2. The zero-order chi connectivity index (χ0) is 10.6. The molecule has 0 fully saturated rings. The Morgan fingerprint density at radius 1 is 1.57 bits per heavy atom. The van der Waals surface area contributed by atoms with Gasteiger partial charge in [0.15, 0.2) is 5.69 Å². The van der Waals surface area contributed by atoms with Crippen molar-refractivity contribution in [3.8, 4) is 0 Å². The number of rotatable bonds is 4. The second-order valence-electron chi connectivity index (χ2n) is 2.47. The van der Waals surface area contributed by atoms with Crippen LogP contribution in [0.3, 0.4) is 0 Å². The first-order valence-corrected chi connectivity index (χ1v) is 3.71. The molecule has 1 N–H and O–H groups in total. The molecule has 78 valence electrons. The third-order valence-corrected chi connectivity index (χ3v) is 1.55. The third kappa shape index (κ3) is 2.48. The van der Waals surface area contributed by atoms with Gasteiger partial charge in [-0.15, -0.1) is 0 Å². The number of nitrogens with one attached hydrogen (secondary N) is 1. The van der Waals surface area contributed by atoms with Gasteiger partial charge in [-0.25, -0.2) is 0 Å². The van der Waals surface area contributed by atoms with Crippen molar-refractivity contribution in [1.29, 1.82) is 0 Å². The summed E-state index contributed by atoms with van der Waals surface area (Å²) in [5, 5.41) is 5.19. The minimum absolute atomic E-state index is 0.00984. The lowest BCUT2D eigenvalue weighted by Gasteiger charge is -2.04. The summed E-state index contributed by atoms with van der Waals surface area (Å²) >= 11 is 0. The molecule has 1 heterocycles. The molecule has 14 heavy (non-hydrogen) atoms. The molecule has 1 aromatic rings. The zero-order valence-corrected chi connectivity index (χ0v) is 6.97. The van der Waals surface area contributed by atoms with Gasteiger partial charge in [0.25, 0.3) is 6.47 Å². The molecular formula is C7H7F3N2O2. The van der Waals surface area contributed by atoms with E-state index in [1.165, 1.54) is 0 Å². The lowest BCUT2D eigenvalue weighted by molar-refractivity contribution is -0.141. The summed E-state index contributed by atoms with van der Waals surface area (Å²) in [4.78, 5) is 9.75. The Balaban J connectivity index is 2.68. The van der Waals surface area contributed by atoms with Crippen molar-refractivity contribution >= 4 is 6.47 Å². The van der Waals surface area contributed by atoms with E-state index in [-0.39, 0.29) is 25.1 Å². The number of carbonyl (C=O) groups excluding carboxylic acids is 1. The highest BCUT2D eigenvalue weighted by atomic mass is 19.4. The van der Waals surface area contributed by atoms with E-state index in [2.05, 4.69) is 14.9 Å². The number of hydrogen-bond donors (Lipinski definition) is 1. The molecule has 4 nitrogen and oxygen atoms in total. The van der Waals surface area contributed by atoms with Gasteiger partial charge in [-0.05, 0) is 0 Å². The summed E-state index contributed by atoms with van der Waals surface area (Å²) in [6.07, 6.45) is -3.35. The summed E-state index contributed by atoms with van der Waals surface area (Å²) in [6, 6.07) is 0. The molecule has 0 aliphatic heterocycles. The summed E-state index contributed by atoms with van der Waals surface area (Å²) in [6.45, 7) is 0.0967.